The molecule has 3 fully saturated rings. The van der Waals surface area contributed by atoms with Crippen LogP contribution in [0.25, 0.3) is 0 Å². The van der Waals surface area contributed by atoms with Gasteiger partial charge < -0.3 is 5.32 Å². The minimum atomic E-state index is 0.739. The van der Waals surface area contributed by atoms with Crippen LogP contribution >= 0.6 is 0 Å². The van der Waals surface area contributed by atoms with Crippen LogP contribution in [0.5, 0.6) is 0 Å². The first-order valence-corrected chi connectivity index (χ1v) is 9.34. The minimum absolute atomic E-state index is 0.739. The van der Waals surface area contributed by atoms with Crippen molar-refractivity contribution >= 4 is 0 Å². The molecule has 2 aliphatic carbocycles. The van der Waals surface area contributed by atoms with Crippen LogP contribution in [-0.4, -0.2) is 36.1 Å². The quantitative estimate of drug-likeness (QED) is 0.837. The molecule has 0 bridgehead atoms. The molecule has 3 rings (SSSR count). The van der Waals surface area contributed by atoms with Gasteiger partial charge in [0.2, 0.25) is 0 Å². The van der Waals surface area contributed by atoms with Crippen LogP contribution in [0.4, 0.5) is 0 Å². The fourth-order valence-corrected chi connectivity index (χ4v) is 4.97. The Hall–Kier alpha value is -0.0800. The van der Waals surface area contributed by atoms with E-state index < -0.39 is 0 Å². The Labute approximate surface area is 125 Å². The van der Waals surface area contributed by atoms with E-state index in [1.165, 1.54) is 83.7 Å². The van der Waals surface area contributed by atoms with E-state index in [0.717, 1.165) is 24.0 Å². The highest BCUT2D eigenvalue weighted by atomic mass is 15.2. The fourth-order valence-electron chi connectivity index (χ4n) is 4.97. The second kappa shape index (κ2) is 7.26. The third-order valence-corrected chi connectivity index (χ3v) is 6.16. The molecule has 2 saturated carbocycles. The lowest BCUT2D eigenvalue weighted by Crippen LogP contribution is -2.54. The molecule has 0 spiro atoms. The number of nitrogens with one attached hydrogen (secondary N) is 1. The van der Waals surface area contributed by atoms with E-state index in [2.05, 4.69) is 17.1 Å². The molecule has 0 aromatic rings. The van der Waals surface area contributed by atoms with Crippen molar-refractivity contribution in [3.63, 3.8) is 0 Å². The molecule has 3 atom stereocenters. The van der Waals surface area contributed by atoms with Crippen molar-refractivity contribution in [2.75, 3.05) is 13.1 Å². The van der Waals surface area contributed by atoms with Crippen molar-refractivity contribution in [3.05, 3.63) is 0 Å². The fraction of sp³-hybridized carbons (Fsp3) is 1.00. The number of hydrogen-bond acceptors (Lipinski definition) is 2. The van der Waals surface area contributed by atoms with Crippen molar-refractivity contribution in [1.29, 1.82) is 0 Å². The molecular formula is C18H34N2. The molecule has 3 aliphatic rings. The Bertz CT molecular complexity index is 283. The smallest absolute Gasteiger partial charge is 0.0195 e. The lowest BCUT2D eigenvalue weighted by Gasteiger charge is -2.47. The molecule has 2 nitrogen and oxygen atoms in total. The molecule has 1 heterocycles. The van der Waals surface area contributed by atoms with E-state index in [9.17, 15) is 0 Å². The zero-order valence-electron chi connectivity index (χ0n) is 13.4. The zero-order chi connectivity index (χ0) is 13.8. The molecule has 2 heteroatoms. The molecule has 1 aliphatic heterocycles. The lowest BCUT2D eigenvalue weighted by molar-refractivity contribution is 0.0303. The number of nitrogens with zero attached hydrogens (tertiary/aromatic N) is 1. The van der Waals surface area contributed by atoms with E-state index in [1.54, 1.807) is 0 Å². The molecule has 116 valence electrons. The average Bonchev–Trinajstić information content (AvgIpc) is 2.53. The van der Waals surface area contributed by atoms with Crippen LogP contribution < -0.4 is 5.32 Å². The molecule has 1 N–H and O–H groups in total. The summed E-state index contributed by atoms with van der Waals surface area (Å²) in [7, 11) is 0. The summed E-state index contributed by atoms with van der Waals surface area (Å²) in [4.78, 5) is 2.86. The average molecular weight is 278 g/mol. The first kappa shape index (κ1) is 14.8. The maximum absolute atomic E-state index is 3.87. The Morgan fingerprint density at radius 1 is 0.900 bits per heavy atom. The van der Waals surface area contributed by atoms with Crippen molar-refractivity contribution < 1.29 is 0 Å². The highest BCUT2D eigenvalue weighted by Gasteiger charge is 2.35. The largest absolute Gasteiger partial charge is 0.312 e. The van der Waals surface area contributed by atoms with E-state index in [4.69, 9.17) is 0 Å². The monoisotopic (exact) mass is 278 g/mol. The summed E-state index contributed by atoms with van der Waals surface area (Å²) in [6, 6.07) is 2.47. The van der Waals surface area contributed by atoms with Gasteiger partial charge in [-0.2, -0.15) is 0 Å². The molecule has 0 amide bonds. The standard InChI is InChI=1S/C18H34N2/c1-15(14-19-17-10-3-2-4-11-17)20-13-7-9-16-8-5-6-12-18(16)20/h15-19H,2-14H2,1H3. The van der Waals surface area contributed by atoms with Gasteiger partial charge in [-0.05, 0) is 57.9 Å². The van der Waals surface area contributed by atoms with E-state index in [0.29, 0.717) is 0 Å². The summed E-state index contributed by atoms with van der Waals surface area (Å²) in [5, 5.41) is 3.87. The van der Waals surface area contributed by atoms with Gasteiger partial charge in [0.05, 0.1) is 0 Å². The molecule has 0 aromatic carbocycles. The van der Waals surface area contributed by atoms with Crippen molar-refractivity contribution in [2.45, 2.75) is 95.7 Å². The van der Waals surface area contributed by atoms with Crippen LogP contribution in [0.2, 0.25) is 0 Å². The van der Waals surface area contributed by atoms with Gasteiger partial charge in [0.25, 0.3) is 0 Å². The number of rotatable bonds is 4. The van der Waals surface area contributed by atoms with Crippen LogP contribution in [0, 0.1) is 5.92 Å². The van der Waals surface area contributed by atoms with Gasteiger partial charge in [-0.15, -0.1) is 0 Å². The summed E-state index contributed by atoms with van der Waals surface area (Å²) < 4.78 is 0. The summed E-state index contributed by atoms with van der Waals surface area (Å²) in [5.41, 5.74) is 0. The molecule has 0 radical (unpaired) electrons. The van der Waals surface area contributed by atoms with Gasteiger partial charge >= 0.3 is 0 Å². The predicted octanol–water partition coefficient (Wildman–Crippen LogP) is 3.95. The Morgan fingerprint density at radius 3 is 2.45 bits per heavy atom. The van der Waals surface area contributed by atoms with Gasteiger partial charge in [-0.1, -0.05) is 32.1 Å². The highest BCUT2D eigenvalue weighted by molar-refractivity contribution is 4.90. The summed E-state index contributed by atoms with van der Waals surface area (Å²) in [6.45, 7) is 5.04. The van der Waals surface area contributed by atoms with E-state index >= 15 is 0 Å². The van der Waals surface area contributed by atoms with Gasteiger partial charge in [-0.3, -0.25) is 4.90 Å². The number of piperidine rings is 1. The van der Waals surface area contributed by atoms with E-state index in [-0.39, 0.29) is 0 Å². The Kier molecular flexibility index (Phi) is 5.39. The topological polar surface area (TPSA) is 15.3 Å². The van der Waals surface area contributed by atoms with Crippen LogP contribution in [0.15, 0.2) is 0 Å². The minimum Gasteiger partial charge on any atom is -0.312 e. The number of fused-ring (bicyclic) bond motifs is 1. The van der Waals surface area contributed by atoms with Crippen LogP contribution in [0.3, 0.4) is 0 Å². The van der Waals surface area contributed by atoms with Gasteiger partial charge in [-0.25, -0.2) is 0 Å². The van der Waals surface area contributed by atoms with E-state index in [1.807, 2.05) is 0 Å². The molecule has 3 unspecified atom stereocenters. The second-order valence-corrected chi connectivity index (χ2v) is 7.58. The van der Waals surface area contributed by atoms with Crippen LogP contribution in [0.1, 0.15) is 77.6 Å². The normalized spacial score (nSPS) is 34.6. The third kappa shape index (κ3) is 3.57. The maximum atomic E-state index is 3.87. The molecule has 1 saturated heterocycles. The van der Waals surface area contributed by atoms with Gasteiger partial charge in [0.15, 0.2) is 0 Å². The first-order chi connectivity index (χ1) is 9.84. The van der Waals surface area contributed by atoms with Gasteiger partial charge in [0.1, 0.15) is 0 Å². The van der Waals surface area contributed by atoms with Gasteiger partial charge in [0, 0.05) is 24.7 Å². The van der Waals surface area contributed by atoms with Crippen molar-refractivity contribution in [3.8, 4) is 0 Å². The molecule has 0 aromatic heterocycles. The zero-order valence-corrected chi connectivity index (χ0v) is 13.4. The molecular weight excluding hydrogens is 244 g/mol. The van der Waals surface area contributed by atoms with Crippen LogP contribution in [-0.2, 0) is 0 Å². The predicted molar refractivity (Wildman–Crippen MR) is 86.0 cm³/mol. The summed E-state index contributed by atoms with van der Waals surface area (Å²) in [6.07, 6.45) is 16.1. The SMILES string of the molecule is CC(CNC1CCCCC1)N1CCCC2CCCCC21. The summed E-state index contributed by atoms with van der Waals surface area (Å²) in [5.74, 6) is 1.02. The highest BCUT2D eigenvalue weighted by Crippen LogP contribution is 2.36. The first-order valence-electron chi connectivity index (χ1n) is 9.34. The maximum Gasteiger partial charge on any atom is 0.0195 e. The number of likely N-dealkylation sites (tertiary alicyclic amines) is 1. The van der Waals surface area contributed by atoms with Crippen molar-refractivity contribution in [2.24, 2.45) is 5.92 Å². The Balaban J connectivity index is 1.48. The third-order valence-electron chi connectivity index (χ3n) is 6.16. The summed E-state index contributed by atoms with van der Waals surface area (Å²) >= 11 is 0. The Morgan fingerprint density at radius 2 is 1.60 bits per heavy atom. The number of hydrogen-bond donors (Lipinski definition) is 1. The lowest BCUT2D eigenvalue weighted by atomic mass is 9.78. The van der Waals surface area contributed by atoms with Crippen molar-refractivity contribution in [1.82, 2.24) is 10.2 Å². The second-order valence-electron chi connectivity index (χ2n) is 7.58. The molecule has 20 heavy (non-hydrogen) atoms.